The summed E-state index contributed by atoms with van der Waals surface area (Å²) in [5.74, 6) is -1.38. The van der Waals surface area contributed by atoms with E-state index in [1.807, 2.05) is 58.0 Å². The number of esters is 1. The maximum atomic E-state index is 11.9. The van der Waals surface area contributed by atoms with Gasteiger partial charge in [-0.05, 0) is 33.3 Å². The first kappa shape index (κ1) is 34.5. The molecule has 2 atom stereocenters. The van der Waals surface area contributed by atoms with Gasteiger partial charge in [0.1, 0.15) is 6.61 Å². The minimum Gasteiger partial charge on any atom is -0.466 e. The minimum atomic E-state index is -4.16. The highest BCUT2D eigenvalue weighted by Crippen LogP contribution is 2.30. The van der Waals surface area contributed by atoms with Gasteiger partial charge in [-0.1, -0.05) is 65.0 Å². The van der Waals surface area contributed by atoms with Crippen LogP contribution in [0.5, 0.6) is 0 Å². The van der Waals surface area contributed by atoms with Crippen LogP contribution in [0.2, 0.25) is 0 Å². The van der Waals surface area contributed by atoms with Gasteiger partial charge in [0, 0.05) is 1.43 Å². The molecule has 10 nitrogen and oxygen atoms in total. The molecule has 0 bridgehead atoms. The van der Waals surface area contributed by atoms with Gasteiger partial charge >= 0.3 is 22.4 Å². The number of ether oxygens (including phenoxy) is 2. The standard InChI is InChI=1S/C12H21NO6S.C8H9NO2.2C2H6.H2/c1-6-18-11(15)12(4,5)7-19-20(16,17)13-9(3)8(2)10(13)14;9-8(10)11-6-7-4-2-1-3-5-7;2*1-2;/h8-9H,6-7H2,1-5H3;1-5H,6H2,(H2,9,10);2*1-2H3;1H/t8-,9-;;;;/m0..../s1. The van der Waals surface area contributed by atoms with E-state index in [-0.39, 0.29) is 27.2 Å². The van der Waals surface area contributed by atoms with Crippen LogP contribution in [0.25, 0.3) is 0 Å². The van der Waals surface area contributed by atoms with E-state index in [9.17, 15) is 22.8 Å². The average Bonchev–Trinajstić information content (AvgIpc) is 2.85. The summed E-state index contributed by atoms with van der Waals surface area (Å²) in [5.41, 5.74) is 4.61. The van der Waals surface area contributed by atoms with Crippen molar-refractivity contribution in [3.63, 3.8) is 0 Å². The summed E-state index contributed by atoms with van der Waals surface area (Å²) in [6, 6.07) is 8.94. The molecule has 0 radical (unpaired) electrons. The number of β-lactam (4-membered cyclic amide) rings is 1. The molecule has 1 saturated heterocycles. The van der Waals surface area contributed by atoms with Crippen molar-refractivity contribution in [3.8, 4) is 0 Å². The predicted octanol–water partition coefficient (Wildman–Crippen LogP) is 4.28. The number of amides is 2. The van der Waals surface area contributed by atoms with Gasteiger partial charge in [0.15, 0.2) is 0 Å². The second-order valence-electron chi connectivity index (χ2n) is 7.58. The largest absolute Gasteiger partial charge is 0.466 e. The van der Waals surface area contributed by atoms with Gasteiger partial charge in [-0.25, -0.2) is 9.10 Å². The first-order valence-corrected chi connectivity index (χ1v) is 13.1. The number of hydrogen-bond donors (Lipinski definition) is 1. The first-order chi connectivity index (χ1) is 16.3. The fourth-order valence-electron chi connectivity index (χ4n) is 2.44. The number of nitrogens with zero attached hydrogens (tertiary/aromatic N) is 1. The Kier molecular flexibility index (Phi) is 16.6. The number of hydrogen-bond acceptors (Lipinski definition) is 8. The molecule has 0 aromatic heterocycles. The van der Waals surface area contributed by atoms with Crippen molar-refractivity contribution in [1.82, 2.24) is 4.31 Å². The normalized spacial score (nSPS) is 16.6. The molecule has 0 aliphatic carbocycles. The molecule has 0 spiro atoms. The molecule has 2 amide bonds. The molecule has 0 unspecified atom stereocenters. The monoisotopic (exact) mass is 520 g/mol. The Balaban J connectivity index is -0.000000577. The highest BCUT2D eigenvalue weighted by atomic mass is 32.2. The number of benzene rings is 1. The summed E-state index contributed by atoms with van der Waals surface area (Å²) < 4.78 is 38.8. The zero-order chi connectivity index (χ0) is 27.8. The summed E-state index contributed by atoms with van der Waals surface area (Å²) in [6.07, 6.45) is -0.742. The van der Waals surface area contributed by atoms with Gasteiger partial charge in [0.25, 0.3) is 0 Å². The first-order valence-electron chi connectivity index (χ1n) is 11.7. The van der Waals surface area contributed by atoms with Gasteiger partial charge < -0.3 is 15.2 Å². The van der Waals surface area contributed by atoms with Crippen LogP contribution in [0.4, 0.5) is 4.79 Å². The van der Waals surface area contributed by atoms with Crippen LogP contribution in [0.15, 0.2) is 30.3 Å². The zero-order valence-corrected chi connectivity index (χ0v) is 23.2. The summed E-state index contributed by atoms with van der Waals surface area (Å²) in [7, 11) is -4.16. The summed E-state index contributed by atoms with van der Waals surface area (Å²) >= 11 is 0. The van der Waals surface area contributed by atoms with E-state index < -0.39 is 39.7 Å². The van der Waals surface area contributed by atoms with Crippen LogP contribution in [0.3, 0.4) is 0 Å². The van der Waals surface area contributed by atoms with Gasteiger partial charge in [-0.15, -0.1) is 0 Å². The molecular weight excluding hydrogens is 476 g/mol. The van der Waals surface area contributed by atoms with Crippen molar-refractivity contribution in [2.45, 2.75) is 75.0 Å². The Morgan fingerprint density at radius 3 is 2.00 bits per heavy atom. The van der Waals surface area contributed by atoms with Crippen LogP contribution in [0, 0.1) is 11.3 Å². The van der Waals surface area contributed by atoms with Crippen molar-refractivity contribution >= 4 is 28.3 Å². The molecule has 2 rings (SSSR count). The van der Waals surface area contributed by atoms with Crippen LogP contribution >= 0.6 is 0 Å². The van der Waals surface area contributed by atoms with Gasteiger partial charge in [0.05, 0.1) is 30.6 Å². The molecule has 35 heavy (non-hydrogen) atoms. The van der Waals surface area contributed by atoms with Crippen molar-refractivity contribution in [2.24, 2.45) is 17.1 Å². The molecule has 11 heteroatoms. The Morgan fingerprint density at radius 2 is 1.57 bits per heavy atom. The highest BCUT2D eigenvalue weighted by Gasteiger charge is 2.49. The molecule has 2 N–H and O–H groups in total. The molecule has 1 aromatic rings. The van der Waals surface area contributed by atoms with Crippen molar-refractivity contribution < 1.29 is 37.9 Å². The van der Waals surface area contributed by atoms with Gasteiger partial charge in [-0.3, -0.25) is 13.8 Å². The third-order valence-corrected chi connectivity index (χ3v) is 5.97. The fraction of sp³-hybridized carbons (Fsp3) is 0.625. The van der Waals surface area contributed by atoms with Gasteiger partial charge in [0.2, 0.25) is 5.91 Å². The maximum Gasteiger partial charge on any atom is 0.404 e. The average molecular weight is 521 g/mol. The molecule has 1 heterocycles. The lowest BCUT2D eigenvalue weighted by Crippen LogP contribution is -2.61. The lowest BCUT2D eigenvalue weighted by atomic mass is 9.95. The predicted molar refractivity (Wildman–Crippen MR) is 136 cm³/mol. The molecule has 1 aromatic carbocycles. The van der Waals surface area contributed by atoms with Crippen molar-refractivity contribution in [3.05, 3.63) is 35.9 Å². The number of carbonyl (C=O) groups excluding carboxylic acids is 3. The number of nitrogens with two attached hydrogens (primary N) is 1. The maximum absolute atomic E-state index is 11.9. The Morgan fingerprint density at radius 1 is 1.06 bits per heavy atom. The van der Waals surface area contributed by atoms with E-state index in [0.29, 0.717) is 4.31 Å². The van der Waals surface area contributed by atoms with Crippen molar-refractivity contribution in [2.75, 3.05) is 13.2 Å². The number of rotatable bonds is 8. The lowest BCUT2D eigenvalue weighted by Gasteiger charge is -2.41. The molecule has 204 valence electrons. The molecular formula is C24H44N2O8S. The second kappa shape index (κ2) is 16.9. The lowest BCUT2D eigenvalue weighted by molar-refractivity contribution is -0.155. The Hall–Kier alpha value is -2.66. The van der Waals surface area contributed by atoms with E-state index >= 15 is 0 Å². The fourth-order valence-corrected chi connectivity index (χ4v) is 3.97. The number of carbonyl (C=O) groups is 3. The van der Waals surface area contributed by atoms with Crippen LogP contribution in [-0.2, 0) is 40.2 Å². The molecule has 1 fully saturated rings. The molecule has 1 aliphatic rings. The number of primary amides is 1. The highest BCUT2D eigenvalue weighted by molar-refractivity contribution is 7.85. The van der Waals surface area contributed by atoms with E-state index in [1.165, 1.54) is 13.8 Å². The second-order valence-corrected chi connectivity index (χ2v) is 9.07. The summed E-state index contributed by atoms with van der Waals surface area (Å²) in [6.45, 7) is 16.1. The van der Waals surface area contributed by atoms with Crippen LogP contribution < -0.4 is 5.73 Å². The third kappa shape index (κ3) is 11.5. The Bertz CT molecular complexity index is 879. The quantitative estimate of drug-likeness (QED) is 0.395. The summed E-state index contributed by atoms with van der Waals surface area (Å²) in [5, 5.41) is 0. The SMILES string of the molecule is CC.CC.CCOC(=O)C(C)(C)COS(=O)(=O)N1C(=O)[C@@H](C)[C@@H]1C.NC(=O)OCc1ccccc1.[HH]. The van der Waals surface area contributed by atoms with Crippen LogP contribution in [-0.4, -0.2) is 49.9 Å². The van der Waals surface area contributed by atoms with E-state index in [1.54, 1.807) is 20.8 Å². The van der Waals surface area contributed by atoms with E-state index in [4.69, 9.17) is 14.7 Å². The summed E-state index contributed by atoms with van der Waals surface area (Å²) in [4.78, 5) is 33.4. The molecule has 1 aliphatic heterocycles. The van der Waals surface area contributed by atoms with Crippen LogP contribution in [0.1, 0.15) is 69.3 Å². The van der Waals surface area contributed by atoms with Gasteiger partial charge in [-0.2, -0.15) is 8.42 Å². The van der Waals surface area contributed by atoms with E-state index in [2.05, 4.69) is 4.74 Å². The van der Waals surface area contributed by atoms with Crippen molar-refractivity contribution in [1.29, 1.82) is 0 Å². The van der Waals surface area contributed by atoms with E-state index in [0.717, 1.165) is 5.56 Å². The zero-order valence-electron chi connectivity index (χ0n) is 22.4. The topological polar surface area (TPSA) is 142 Å². The molecule has 0 saturated carbocycles. The smallest absolute Gasteiger partial charge is 0.404 e. The Labute approximate surface area is 211 Å². The third-order valence-electron chi connectivity index (χ3n) is 4.56. The minimum absolute atomic E-state index is 0.